The average Bonchev–Trinajstić information content (AvgIpc) is 2.43. The fourth-order valence-electron chi connectivity index (χ4n) is 2.27. The van der Waals surface area contributed by atoms with Crippen molar-refractivity contribution in [3.63, 3.8) is 0 Å². The molecule has 0 aliphatic rings. The first-order chi connectivity index (χ1) is 9.83. The molecule has 5 nitrogen and oxygen atoms in total. The zero-order chi connectivity index (χ0) is 15.9. The van der Waals surface area contributed by atoms with Crippen molar-refractivity contribution in [1.82, 2.24) is 15.2 Å². The minimum absolute atomic E-state index is 0.147. The predicted molar refractivity (Wildman–Crippen MR) is 84.4 cm³/mol. The van der Waals surface area contributed by atoms with E-state index in [9.17, 15) is 9.90 Å². The van der Waals surface area contributed by atoms with Crippen LogP contribution >= 0.6 is 0 Å². The number of carboxylic acid groups (broad SMARTS) is 1. The molecule has 1 rings (SSSR count). The Labute approximate surface area is 127 Å². The van der Waals surface area contributed by atoms with Crippen LogP contribution in [-0.2, 0) is 11.2 Å². The molecule has 0 fully saturated rings. The molecule has 0 saturated carbocycles. The summed E-state index contributed by atoms with van der Waals surface area (Å²) < 4.78 is 0. The number of aliphatic carboxylic acids is 1. The van der Waals surface area contributed by atoms with Gasteiger partial charge in [0.15, 0.2) is 0 Å². The molecular formula is C16H27N3O2. The van der Waals surface area contributed by atoms with Crippen molar-refractivity contribution in [2.45, 2.75) is 45.2 Å². The first-order valence-electron chi connectivity index (χ1n) is 7.42. The van der Waals surface area contributed by atoms with Gasteiger partial charge in [0.25, 0.3) is 0 Å². The van der Waals surface area contributed by atoms with Crippen LogP contribution in [0.2, 0.25) is 0 Å². The van der Waals surface area contributed by atoms with E-state index in [0.717, 1.165) is 19.5 Å². The van der Waals surface area contributed by atoms with Crippen LogP contribution in [0, 0.1) is 0 Å². The summed E-state index contributed by atoms with van der Waals surface area (Å²) in [5.74, 6) is -0.793. The Balaban J connectivity index is 2.43. The van der Waals surface area contributed by atoms with Gasteiger partial charge in [0.2, 0.25) is 0 Å². The van der Waals surface area contributed by atoms with Crippen LogP contribution in [0.25, 0.3) is 0 Å². The smallest absolute Gasteiger partial charge is 0.323 e. The lowest BCUT2D eigenvalue weighted by atomic mass is 9.96. The van der Waals surface area contributed by atoms with Crippen LogP contribution in [0.3, 0.4) is 0 Å². The van der Waals surface area contributed by atoms with Gasteiger partial charge in [0.05, 0.1) is 0 Å². The van der Waals surface area contributed by atoms with E-state index in [0.29, 0.717) is 6.42 Å². The number of likely N-dealkylation sites (N-methyl/N-ethyl adjacent to an activating group) is 1. The van der Waals surface area contributed by atoms with Gasteiger partial charge in [-0.15, -0.1) is 0 Å². The molecule has 1 atom stereocenters. The molecule has 21 heavy (non-hydrogen) atoms. The topological polar surface area (TPSA) is 65.5 Å². The van der Waals surface area contributed by atoms with Crippen molar-refractivity contribution in [3.8, 4) is 0 Å². The molecule has 5 heteroatoms. The number of nitrogens with zero attached hydrogens (tertiary/aromatic N) is 2. The van der Waals surface area contributed by atoms with Gasteiger partial charge in [0.1, 0.15) is 5.54 Å². The van der Waals surface area contributed by atoms with Gasteiger partial charge in [-0.25, -0.2) is 0 Å². The molecule has 118 valence electrons. The molecule has 0 aliphatic heterocycles. The summed E-state index contributed by atoms with van der Waals surface area (Å²) in [4.78, 5) is 17.6. The lowest BCUT2D eigenvalue weighted by Gasteiger charge is -2.30. The first kappa shape index (κ1) is 17.6. The van der Waals surface area contributed by atoms with E-state index >= 15 is 0 Å². The third kappa shape index (κ3) is 6.23. The van der Waals surface area contributed by atoms with E-state index < -0.39 is 11.5 Å². The second kappa shape index (κ2) is 8.10. The number of rotatable bonds is 9. The highest BCUT2D eigenvalue weighted by molar-refractivity contribution is 5.78. The van der Waals surface area contributed by atoms with Crippen molar-refractivity contribution in [1.29, 1.82) is 0 Å². The van der Waals surface area contributed by atoms with Crippen molar-refractivity contribution in [2.24, 2.45) is 0 Å². The predicted octanol–water partition coefficient (Wildman–Crippen LogP) is 1.79. The van der Waals surface area contributed by atoms with Crippen LogP contribution in [0.5, 0.6) is 0 Å². The Morgan fingerprint density at radius 1 is 1.38 bits per heavy atom. The fraction of sp³-hybridized carbons (Fsp3) is 0.625. The van der Waals surface area contributed by atoms with Gasteiger partial charge in [0, 0.05) is 31.5 Å². The lowest BCUT2D eigenvalue weighted by Crippen LogP contribution is -2.53. The maximum absolute atomic E-state index is 11.5. The second-order valence-electron chi connectivity index (χ2n) is 6.10. The number of hydrogen-bond acceptors (Lipinski definition) is 4. The Bertz CT molecular complexity index is 436. The van der Waals surface area contributed by atoms with Crippen molar-refractivity contribution in [2.75, 3.05) is 20.1 Å². The van der Waals surface area contributed by atoms with Crippen molar-refractivity contribution >= 4 is 5.97 Å². The highest BCUT2D eigenvalue weighted by atomic mass is 16.4. The van der Waals surface area contributed by atoms with E-state index in [4.69, 9.17) is 0 Å². The van der Waals surface area contributed by atoms with E-state index in [1.165, 1.54) is 5.56 Å². The summed E-state index contributed by atoms with van der Waals surface area (Å²) in [6.45, 7) is 7.34. The summed E-state index contributed by atoms with van der Waals surface area (Å²) in [7, 11) is 2.03. The summed E-state index contributed by atoms with van der Waals surface area (Å²) >= 11 is 0. The summed E-state index contributed by atoms with van der Waals surface area (Å²) in [5.41, 5.74) is 0.372. The van der Waals surface area contributed by atoms with Gasteiger partial charge < -0.3 is 10.0 Å². The zero-order valence-electron chi connectivity index (χ0n) is 13.5. The summed E-state index contributed by atoms with van der Waals surface area (Å²) in [6.07, 6.45) is 5.11. The largest absolute Gasteiger partial charge is 0.480 e. The summed E-state index contributed by atoms with van der Waals surface area (Å²) in [6, 6.07) is 4.17. The molecule has 0 aliphatic carbocycles. The number of carbonyl (C=O) groups is 1. The molecule has 1 aromatic rings. The van der Waals surface area contributed by atoms with E-state index in [2.05, 4.69) is 15.2 Å². The number of nitrogens with one attached hydrogen (secondary N) is 1. The molecular weight excluding hydrogens is 266 g/mol. The van der Waals surface area contributed by atoms with Gasteiger partial charge in [-0.05, 0) is 58.4 Å². The van der Waals surface area contributed by atoms with Crippen LogP contribution < -0.4 is 5.32 Å². The molecule has 0 saturated heterocycles. The zero-order valence-corrected chi connectivity index (χ0v) is 13.5. The minimum atomic E-state index is -0.876. The fourth-order valence-corrected chi connectivity index (χ4v) is 2.27. The normalized spacial score (nSPS) is 14.4. The van der Waals surface area contributed by atoms with Crippen molar-refractivity contribution < 1.29 is 9.90 Å². The third-order valence-electron chi connectivity index (χ3n) is 3.60. The van der Waals surface area contributed by atoms with Gasteiger partial charge in [-0.3, -0.25) is 15.1 Å². The molecule has 0 radical (unpaired) electrons. The van der Waals surface area contributed by atoms with Gasteiger partial charge in [-0.2, -0.15) is 0 Å². The molecule has 1 unspecified atom stereocenters. The highest BCUT2D eigenvalue weighted by Gasteiger charge is 2.33. The maximum Gasteiger partial charge on any atom is 0.323 e. The van der Waals surface area contributed by atoms with E-state index in [-0.39, 0.29) is 6.04 Å². The Morgan fingerprint density at radius 2 is 2.00 bits per heavy atom. The number of carboxylic acids is 1. The van der Waals surface area contributed by atoms with Crippen LogP contribution in [0.1, 0.15) is 32.8 Å². The highest BCUT2D eigenvalue weighted by Crippen LogP contribution is 2.12. The van der Waals surface area contributed by atoms with Crippen LogP contribution in [0.4, 0.5) is 0 Å². The SMILES string of the molecule is CC(C)NC(C)(CCN(C)CCc1ccncc1)C(=O)O. The van der Waals surface area contributed by atoms with Gasteiger partial charge in [-0.1, -0.05) is 0 Å². The standard InChI is InChI=1S/C16H27N3O2/c1-13(2)18-16(3,15(20)21)8-12-19(4)11-7-14-5-9-17-10-6-14/h5-6,9-10,13,18H,7-8,11-12H2,1-4H3,(H,20,21). The van der Waals surface area contributed by atoms with Crippen LogP contribution in [0.15, 0.2) is 24.5 Å². The molecule has 1 aromatic heterocycles. The molecule has 0 spiro atoms. The first-order valence-corrected chi connectivity index (χ1v) is 7.42. The molecule has 1 heterocycles. The third-order valence-corrected chi connectivity index (χ3v) is 3.60. The number of pyridine rings is 1. The van der Waals surface area contributed by atoms with E-state index in [1.54, 1.807) is 19.3 Å². The molecule has 0 bridgehead atoms. The van der Waals surface area contributed by atoms with Crippen LogP contribution in [-0.4, -0.2) is 52.7 Å². The quantitative estimate of drug-likeness (QED) is 0.726. The minimum Gasteiger partial charge on any atom is -0.480 e. The van der Waals surface area contributed by atoms with Gasteiger partial charge >= 0.3 is 5.97 Å². The Morgan fingerprint density at radius 3 is 2.52 bits per heavy atom. The molecule has 0 amide bonds. The monoisotopic (exact) mass is 293 g/mol. The maximum atomic E-state index is 11.5. The van der Waals surface area contributed by atoms with Crippen molar-refractivity contribution in [3.05, 3.63) is 30.1 Å². The molecule has 0 aromatic carbocycles. The van der Waals surface area contributed by atoms with E-state index in [1.807, 2.05) is 33.0 Å². The Kier molecular flexibility index (Phi) is 6.78. The second-order valence-corrected chi connectivity index (χ2v) is 6.10. The lowest BCUT2D eigenvalue weighted by molar-refractivity contribution is -0.144. The number of hydrogen-bond donors (Lipinski definition) is 2. The number of aromatic nitrogens is 1. The summed E-state index contributed by atoms with van der Waals surface area (Å²) in [5, 5.41) is 12.6. The molecule has 2 N–H and O–H groups in total. The average molecular weight is 293 g/mol. The Hall–Kier alpha value is -1.46.